The van der Waals surface area contributed by atoms with Crippen LogP contribution in [0.3, 0.4) is 0 Å². The zero-order valence-corrected chi connectivity index (χ0v) is 15.2. The first-order valence-corrected chi connectivity index (χ1v) is 9.55. The van der Waals surface area contributed by atoms with Gasteiger partial charge in [-0.2, -0.15) is 0 Å². The van der Waals surface area contributed by atoms with Crippen LogP contribution in [0.4, 0.5) is 0 Å². The first-order valence-electron chi connectivity index (χ1n) is 8.42. The van der Waals surface area contributed by atoms with Crippen LogP contribution in [0.15, 0.2) is 36.0 Å². The summed E-state index contributed by atoms with van der Waals surface area (Å²) in [5.41, 5.74) is 1.26. The van der Waals surface area contributed by atoms with Gasteiger partial charge in [0.05, 0.1) is 24.1 Å². The number of ether oxygens (including phenoxy) is 1. The van der Waals surface area contributed by atoms with Gasteiger partial charge in [-0.15, -0.1) is 0 Å². The number of amides is 1. The van der Waals surface area contributed by atoms with Crippen LogP contribution in [0, 0.1) is 11.8 Å². The van der Waals surface area contributed by atoms with E-state index in [1.807, 2.05) is 6.08 Å². The molecule has 1 amide bonds. The maximum Gasteiger partial charge on any atom is 0.260 e. The predicted octanol–water partition coefficient (Wildman–Crippen LogP) is 2.28. The fraction of sp³-hybridized carbons (Fsp3) is 0.556. The normalized spacial score (nSPS) is 32.5. The predicted molar refractivity (Wildman–Crippen MR) is 95.2 cm³/mol. The summed E-state index contributed by atoms with van der Waals surface area (Å²) in [5.74, 6) is 5.79. The number of Topliss-reactive ketones (excluding diaryl/α,β-unsaturated/α-hetero) is 1. The molecule has 1 saturated carbocycles. The van der Waals surface area contributed by atoms with Gasteiger partial charge in [0.2, 0.25) is 0 Å². The number of alkyl halides is 1. The van der Waals surface area contributed by atoms with Gasteiger partial charge in [0.1, 0.15) is 5.78 Å². The number of carbonyl (C=O) groups is 2. The van der Waals surface area contributed by atoms with Crippen LogP contribution in [0.1, 0.15) is 25.7 Å². The number of rotatable bonds is 5. The van der Waals surface area contributed by atoms with Gasteiger partial charge in [0, 0.05) is 17.9 Å². The number of nitrogens with zero attached hydrogens (tertiary/aromatic N) is 1. The van der Waals surface area contributed by atoms with Gasteiger partial charge < -0.3 is 4.74 Å². The molecule has 6 heteroatoms. The van der Waals surface area contributed by atoms with Gasteiger partial charge in [0.15, 0.2) is 0 Å². The van der Waals surface area contributed by atoms with Crippen molar-refractivity contribution in [2.45, 2.75) is 37.8 Å². The molecule has 4 unspecified atom stereocenters. The minimum absolute atomic E-state index is 0.0725. The maximum atomic E-state index is 12.2. The Balaban J connectivity index is 1.75. The summed E-state index contributed by atoms with van der Waals surface area (Å²) in [6, 6.07) is -0.274. The second-order valence-electron chi connectivity index (χ2n) is 6.60. The van der Waals surface area contributed by atoms with Crippen molar-refractivity contribution in [3.05, 3.63) is 36.0 Å². The molecule has 0 aromatic rings. The average molecular weight is 395 g/mol. The molecule has 0 aromatic carbocycles. The Labute approximate surface area is 150 Å². The number of nitrogens with two attached hydrogens (primary N) is 1. The lowest BCUT2D eigenvalue weighted by Gasteiger charge is -2.46. The second-order valence-corrected chi connectivity index (χ2v) is 7.16. The van der Waals surface area contributed by atoms with Crippen molar-refractivity contribution in [2.75, 3.05) is 11.9 Å². The standard InChI is InChI=1S/C18H23BrN2O3/c19-10-15(22)13-6-8-16(24-11-12-4-2-1-3-5-12)18-14(13)7-9-17(23)21(18)20/h1-2,4,7,9,13-14,16,18H,3,5-6,8,10-11,20H2. The molecule has 5 nitrogen and oxygen atoms in total. The molecule has 0 aromatic heterocycles. The van der Waals surface area contributed by atoms with Crippen molar-refractivity contribution in [3.8, 4) is 0 Å². The molecule has 0 radical (unpaired) electrons. The van der Waals surface area contributed by atoms with E-state index in [2.05, 4.69) is 34.2 Å². The van der Waals surface area contributed by atoms with Crippen LogP contribution in [0.5, 0.6) is 0 Å². The zero-order valence-electron chi connectivity index (χ0n) is 13.6. The zero-order chi connectivity index (χ0) is 17.1. The van der Waals surface area contributed by atoms with E-state index in [9.17, 15) is 9.59 Å². The molecule has 2 aliphatic carbocycles. The molecular weight excluding hydrogens is 372 g/mol. The SMILES string of the molecule is NN1C(=O)C=CC2C(C(=O)CBr)CCC(OCC3=CC=CCC3)C21. The highest BCUT2D eigenvalue weighted by atomic mass is 79.9. The molecule has 3 rings (SSSR count). The smallest absolute Gasteiger partial charge is 0.260 e. The molecule has 24 heavy (non-hydrogen) atoms. The number of hydrazine groups is 1. The van der Waals surface area contributed by atoms with Crippen LogP contribution in [-0.2, 0) is 14.3 Å². The molecule has 130 valence electrons. The van der Waals surface area contributed by atoms with Crippen molar-refractivity contribution in [1.82, 2.24) is 5.01 Å². The second kappa shape index (κ2) is 7.76. The lowest BCUT2D eigenvalue weighted by atomic mass is 9.71. The monoisotopic (exact) mass is 394 g/mol. The van der Waals surface area contributed by atoms with Gasteiger partial charge in [-0.05, 0) is 31.3 Å². The third-order valence-electron chi connectivity index (χ3n) is 5.17. The quantitative estimate of drug-likeness (QED) is 0.441. The number of carbonyl (C=O) groups excluding carboxylic acids is 2. The number of allylic oxidation sites excluding steroid dienone is 3. The highest BCUT2D eigenvalue weighted by Crippen LogP contribution is 2.38. The van der Waals surface area contributed by atoms with E-state index in [0.717, 1.165) is 25.7 Å². The molecule has 0 spiro atoms. The number of hydrogen-bond acceptors (Lipinski definition) is 4. The van der Waals surface area contributed by atoms with Crippen molar-refractivity contribution in [1.29, 1.82) is 0 Å². The van der Waals surface area contributed by atoms with E-state index >= 15 is 0 Å². The summed E-state index contributed by atoms with van der Waals surface area (Å²) in [5, 5.41) is 1.59. The molecule has 0 bridgehead atoms. The Kier molecular flexibility index (Phi) is 5.69. The van der Waals surface area contributed by atoms with Crippen molar-refractivity contribution in [3.63, 3.8) is 0 Å². The number of ketones is 1. The number of hydrogen-bond donors (Lipinski definition) is 1. The Morgan fingerprint density at radius 2 is 2.25 bits per heavy atom. The van der Waals surface area contributed by atoms with Crippen LogP contribution >= 0.6 is 15.9 Å². The first-order chi connectivity index (χ1) is 11.6. The summed E-state index contributed by atoms with van der Waals surface area (Å²) in [4.78, 5) is 24.2. The molecule has 3 aliphatic rings. The molecule has 2 N–H and O–H groups in total. The summed E-state index contributed by atoms with van der Waals surface area (Å²) >= 11 is 3.26. The minimum atomic E-state index is -0.274. The van der Waals surface area contributed by atoms with E-state index in [-0.39, 0.29) is 35.7 Å². The molecule has 1 aliphatic heterocycles. The topological polar surface area (TPSA) is 72.6 Å². The maximum absolute atomic E-state index is 12.2. The fourth-order valence-electron chi connectivity index (χ4n) is 3.88. The van der Waals surface area contributed by atoms with Crippen molar-refractivity contribution in [2.24, 2.45) is 17.7 Å². The summed E-state index contributed by atoms with van der Waals surface area (Å²) < 4.78 is 6.14. The number of fused-ring (bicyclic) bond motifs is 1. The third-order valence-corrected chi connectivity index (χ3v) is 5.72. The van der Waals surface area contributed by atoms with Crippen LogP contribution in [0.2, 0.25) is 0 Å². The van der Waals surface area contributed by atoms with Gasteiger partial charge in [0.25, 0.3) is 5.91 Å². The van der Waals surface area contributed by atoms with E-state index in [4.69, 9.17) is 10.6 Å². The van der Waals surface area contributed by atoms with Gasteiger partial charge in [-0.1, -0.05) is 40.2 Å². The third kappa shape index (κ3) is 3.55. The average Bonchev–Trinajstić information content (AvgIpc) is 2.62. The molecule has 1 fully saturated rings. The highest BCUT2D eigenvalue weighted by molar-refractivity contribution is 9.09. The van der Waals surface area contributed by atoms with Gasteiger partial charge >= 0.3 is 0 Å². The van der Waals surface area contributed by atoms with Crippen LogP contribution in [-0.4, -0.2) is 40.8 Å². The Bertz CT molecular complexity index is 599. The summed E-state index contributed by atoms with van der Waals surface area (Å²) in [6.07, 6.45) is 13.0. The largest absolute Gasteiger partial charge is 0.372 e. The van der Waals surface area contributed by atoms with Crippen molar-refractivity contribution >= 4 is 27.6 Å². The minimum Gasteiger partial charge on any atom is -0.372 e. The van der Waals surface area contributed by atoms with Crippen LogP contribution < -0.4 is 5.84 Å². The van der Waals surface area contributed by atoms with Crippen LogP contribution in [0.25, 0.3) is 0 Å². The van der Waals surface area contributed by atoms with Crippen molar-refractivity contribution < 1.29 is 14.3 Å². The number of halogens is 1. The van der Waals surface area contributed by atoms with E-state index in [0.29, 0.717) is 11.9 Å². The molecular formula is C18H23BrN2O3. The Morgan fingerprint density at radius 3 is 2.96 bits per heavy atom. The van der Waals surface area contributed by atoms with E-state index in [1.165, 1.54) is 16.7 Å². The highest BCUT2D eigenvalue weighted by Gasteiger charge is 2.46. The lowest BCUT2D eigenvalue weighted by molar-refractivity contribution is -0.143. The Morgan fingerprint density at radius 1 is 1.42 bits per heavy atom. The molecule has 0 saturated heterocycles. The van der Waals surface area contributed by atoms with Gasteiger partial charge in [-0.25, -0.2) is 5.84 Å². The first kappa shape index (κ1) is 17.6. The molecule has 4 atom stereocenters. The lowest BCUT2D eigenvalue weighted by Crippen LogP contribution is -2.60. The fourth-order valence-corrected chi connectivity index (χ4v) is 4.29. The van der Waals surface area contributed by atoms with E-state index in [1.54, 1.807) is 0 Å². The van der Waals surface area contributed by atoms with E-state index < -0.39 is 0 Å². The summed E-state index contributed by atoms with van der Waals surface area (Å²) in [6.45, 7) is 0.557. The molecule has 1 heterocycles. The Hall–Kier alpha value is -1.24. The summed E-state index contributed by atoms with van der Waals surface area (Å²) in [7, 11) is 0. The van der Waals surface area contributed by atoms with Gasteiger partial charge in [-0.3, -0.25) is 14.6 Å².